The maximum absolute atomic E-state index is 12.5. The molecule has 0 atom stereocenters. The van der Waals surface area contributed by atoms with Gasteiger partial charge in [0.1, 0.15) is 0 Å². The molecule has 1 amide bonds. The van der Waals surface area contributed by atoms with Gasteiger partial charge in [0.05, 0.1) is 5.69 Å². The minimum Gasteiger partial charge on any atom is -0.454 e. The Hall–Kier alpha value is -3.28. The predicted octanol–water partition coefficient (Wildman–Crippen LogP) is 3.47. The maximum atomic E-state index is 12.5. The molecule has 0 saturated carbocycles. The van der Waals surface area contributed by atoms with Crippen LogP contribution in [0.4, 0.5) is 5.69 Å². The Kier molecular flexibility index (Phi) is 3.65. The topological polar surface area (TPSA) is 65.4 Å². The van der Waals surface area contributed by atoms with E-state index >= 15 is 0 Å². The van der Waals surface area contributed by atoms with Crippen LogP contribution in [-0.2, 0) is 0 Å². The molecular weight excluding hydrogens is 318 g/mol. The molecule has 1 aliphatic rings. The van der Waals surface area contributed by atoms with Crippen LogP contribution in [-0.4, -0.2) is 22.5 Å². The predicted molar refractivity (Wildman–Crippen MR) is 93.6 cm³/mol. The molecule has 0 radical (unpaired) electrons. The quantitative estimate of drug-likeness (QED) is 0.796. The van der Waals surface area contributed by atoms with Crippen molar-refractivity contribution >= 4 is 11.6 Å². The van der Waals surface area contributed by atoms with Gasteiger partial charge < -0.3 is 14.8 Å². The van der Waals surface area contributed by atoms with E-state index in [1.54, 1.807) is 28.9 Å². The lowest BCUT2D eigenvalue weighted by Crippen LogP contribution is -2.13. The summed E-state index contributed by atoms with van der Waals surface area (Å²) in [7, 11) is 0. The van der Waals surface area contributed by atoms with Crippen LogP contribution in [0.3, 0.4) is 0 Å². The fourth-order valence-corrected chi connectivity index (χ4v) is 2.70. The van der Waals surface area contributed by atoms with Crippen molar-refractivity contribution in [3.63, 3.8) is 0 Å². The maximum Gasteiger partial charge on any atom is 0.276 e. The average molecular weight is 335 g/mol. The number of nitrogens with zero attached hydrogens (tertiary/aromatic N) is 2. The lowest BCUT2D eigenvalue weighted by Gasteiger charge is -2.05. The number of carbonyl (C=O) groups excluding carboxylic acids is 1. The second kappa shape index (κ2) is 5.98. The first-order valence-corrected chi connectivity index (χ1v) is 7.95. The van der Waals surface area contributed by atoms with Crippen molar-refractivity contribution in [2.24, 2.45) is 0 Å². The number of amides is 1. The summed E-state index contributed by atoms with van der Waals surface area (Å²) >= 11 is 0. The average Bonchev–Trinajstić information content (AvgIpc) is 3.22. The van der Waals surface area contributed by atoms with Crippen LogP contribution < -0.4 is 14.8 Å². The van der Waals surface area contributed by atoms with Crippen LogP contribution in [0.15, 0.2) is 48.5 Å². The third kappa shape index (κ3) is 2.94. The molecule has 4 rings (SSSR count). The highest BCUT2D eigenvalue weighted by molar-refractivity contribution is 6.03. The summed E-state index contributed by atoms with van der Waals surface area (Å²) < 4.78 is 12.4. The Bertz CT molecular complexity index is 945. The van der Waals surface area contributed by atoms with Gasteiger partial charge in [-0.05, 0) is 44.2 Å². The largest absolute Gasteiger partial charge is 0.454 e. The first kappa shape index (κ1) is 15.3. The second-order valence-corrected chi connectivity index (χ2v) is 5.94. The number of rotatable bonds is 3. The lowest BCUT2D eigenvalue weighted by atomic mass is 10.2. The Balaban J connectivity index is 1.56. The third-order valence-electron chi connectivity index (χ3n) is 4.03. The zero-order chi connectivity index (χ0) is 17.4. The van der Waals surface area contributed by atoms with Gasteiger partial charge in [-0.2, -0.15) is 5.10 Å². The summed E-state index contributed by atoms with van der Waals surface area (Å²) in [4.78, 5) is 12.5. The number of benzene rings is 2. The van der Waals surface area contributed by atoms with Gasteiger partial charge in [-0.15, -0.1) is 0 Å². The van der Waals surface area contributed by atoms with E-state index in [4.69, 9.17) is 9.47 Å². The molecule has 0 saturated heterocycles. The molecule has 1 aromatic heterocycles. The Morgan fingerprint density at radius 1 is 1.04 bits per heavy atom. The van der Waals surface area contributed by atoms with Gasteiger partial charge in [-0.3, -0.25) is 4.79 Å². The Morgan fingerprint density at radius 3 is 2.60 bits per heavy atom. The zero-order valence-corrected chi connectivity index (χ0v) is 13.9. The van der Waals surface area contributed by atoms with E-state index in [-0.39, 0.29) is 12.7 Å². The van der Waals surface area contributed by atoms with Crippen molar-refractivity contribution in [2.75, 3.05) is 12.1 Å². The molecule has 1 N–H and O–H groups in total. The summed E-state index contributed by atoms with van der Waals surface area (Å²) in [5.74, 6) is 1.03. The van der Waals surface area contributed by atoms with E-state index in [1.165, 1.54) is 5.56 Å². The van der Waals surface area contributed by atoms with E-state index in [0.717, 1.165) is 11.4 Å². The first-order valence-electron chi connectivity index (χ1n) is 7.95. The number of aromatic nitrogens is 2. The van der Waals surface area contributed by atoms with Gasteiger partial charge in [0.2, 0.25) is 6.79 Å². The molecule has 2 heterocycles. The smallest absolute Gasteiger partial charge is 0.276 e. The Morgan fingerprint density at radius 2 is 1.80 bits per heavy atom. The summed E-state index contributed by atoms with van der Waals surface area (Å²) in [6, 6.07) is 15.0. The number of carbonyl (C=O) groups is 1. The highest BCUT2D eigenvalue weighted by Gasteiger charge is 2.17. The minimum atomic E-state index is -0.271. The SMILES string of the molecule is Cc1ccc(-n2nc(C(=O)Nc3ccc4c(c3)OCO4)cc2C)cc1. The van der Waals surface area contributed by atoms with Crippen LogP contribution in [0, 0.1) is 13.8 Å². The normalized spacial score (nSPS) is 12.2. The van der Waals surface area contributed by atoms with Crippen LogP contribution >= 0.6 is 0 Å². The second-order valence-electron chi connectivity index (χ2n) is 5.94. The van der Waals surface area contributed by atoms with Crippen LogP contribution in [0.5, 0.6) is 11.5 Å². The van der Waals surface area contributed by atoms with Crippen molar-refractivity contribution in [1.29, 1.82) is 0 Å². The molecule has 0 spiro atoms. The van der Waals surface area contributed by atoms with Crippen molar-refractivity contribution in [1.82, 2.24) is 9.78 Å². The van der Waals surface area contributed by atoms with Crippen molar-refractivity contribution in [3.05, 3.63) is 65.5 Å². The zero-order valence-electron chi connectivity index (χ0n) is 13.9. The monoisotopic (exact) mass is 335 g/mol. The molecule has 2 aromatic carbocycles. The molecule has 1 aliphatic heterocycles. The van der Waals surface area contributed by atoms with Crippen molar-refractivity contribution in [3.8, 4) is 17.2 Å². The molecule has 3 aromatic rings. The molecule has 6 heteroatoms. The minimum absolute atomic E-state index is 0.201. The highest BCUT2D eigenvalue weighted by Crippen LogP contribution is 2.34. The van der Waals surface area contributed by atoms with E-state index in [0.29, 0.717) is 22.9 Å². The molecule has 6 nitrogen and oxygen atoms in total. The van der Waals surface area contributed by atoms with E-state index in [2.05, 4.69) is 10.4 Å². The van der Waals surface area contributed by atoms with E-state index in [1.807, 2.05) is 38.1 Å². The molecule has 0 unspecified atom stereocenters. The standard InChI is InChI=1S/C19H17N3O3/c1-12-3-6-15(7-4-12)22-13(2)9-16(21-22)19(23)20-14-5-8-17-18(10-14)25-11-24-17/h3-10H,11H2,1-2H3,(H,20,23). The summed E-state index contributed by atoms with van der Waals surface area (Å²) in [5, 5.41) is 7.27. The number of fused-ring (bicyclic) bond motifs is 1. The molecule has 25 heavy (non-hydrogen) atoms. The Labute approximate surface area is 145 Å². The third-order valence-corrected chi connectivity index (χ3v) is 4.03. The molecule has 0 fully saturated rings. The lowest BCUT2D eigenvalue weighted by molar-refractivity contribution is 0.102. The van der Waals surface area contributed by atoms with Crippen LogP contribution in [0.1, 0.15) is 21.7 Å². The number of hydrogen-bond donors (Lipinski definition) is 1. The molecule has 0 aliphatic carbocycles. The summed E-state index contributed by atoms with van der Waals surface area (Å²) in [5.41, 5.74) is 3.98. The highest BCUT2D eigenvalue weighted by atomic mass is 16.7. The molecular formula is C19H17N3O3. The first-order chi connectivity index (χ1) is 12.1. The van der Waals surface area contributed by atoms with Gasteiger partial charge in [-0.25, -0.2) is 4.68 Å². The van der Waals surface area contributed by atoms with Gasteiger partial charge in [0.15, 0.2) is 17.2 Å². The van der Waals surface area contributed by atoms with Gasteiger partial charge in [-0.1, -0.05) is 17.7 Å². The summed E-state index contributed by atoms with van der Waals surface area (Å²) in [6.45, 7) is 4.15. The number of aryl methyl sites for hydroxylation is 2. The number of hydrogen-bond acceptors (Lipinski definition) is 4. The molecule has 126 valence electrons. The fourth-order valence-electron chi connectivity index (χ4n) is 2.70. The van der Waals surface area contributed by atoms with Crippen molar-refractivity contribution in [2.45, 2.75) is 13.8 Å². The van der Waals surface area contributed by atoms with Crippen LogP contribution in [0.25, 0.3) is 5.69 Å². The van der Waals surface area contributed by atoms with Crippen molar-refractivity contribution < 1.29 is 14.3 Å². The van der Waals surface area contributed by atoms with E-state index in [9.17, 15) is 4.79 Å². The van der Waals surface area contributed by atoms with Gasteiger partial charge >= 0.3 is 0 Å². The fraction of sp³-hybridized carbons (Fsp3) is 0.158. The summed E-state index contributed by atoms with van der Waals surface area (Å²) in [6.07, 6.45) is 0. The van der Waals surface area contributed by atoms with Gasteiger partial charge in [0, 0.05) is 17.4 Å². The number of nitrogens with one attached hydrogen (secondary N) is 1. The number of ether oxygens (including phenoxy) is 2. The molecule has 0 bridgehead atoms. The van der Waals surface area contributed by atoms with Gasteiger partial charge in [0.25, 0.3) is 5.91 Å². The van der Waals surface area contributed by atoms with E-state index < -0.39 is 0 Å². The number of anilines is 1. The van der Waals surface area contributed by atoms with Crippen LogP contribution in [0.2, 0.25) is 0 Å².